The second-order valence-corrected chi connectivity index (χ2v) is 5.78. The molecule has 0 radical (unpaired) electrons. The van der Waals surface area contributed by atoms with Gasteiger partial charge in [0, 0.05) is 6.54 Å². The monoisotopic (exact) mass is 320 g/mol. The first kappa shape index (κ1) is 16.0. The van der Waals surface area contributed by atoms with Crippen molar-refractivity contribution in [2.24, 2.45) is 0 Å². The smallest absolute Gasteiger partial charge is 0.319 e. The molecule has 0 bridgehead atoms. The number of amides is 3. The van der Waals surface area contributed by atoms with Gasteiger partial charge in [-0.3, -0.25) is 9.69 Å². The summed E-state index contributed by atoms with van der Waals surface area (Å²) in [6, 6.07) is 18.9. The van der Waals surface area contributed by atoms with Crippen LogP contribution >= 0.6 is 0 Å². The zero-order valence-corrected chi connectivity index (χ0v) is 13.6. The van der Waals surface area contributed by atoms with E-state index in [1.54, 1.807) is 0 Å². The topological polar surface area (TPSA) is 49.4 Å². The van der Waals surface area contributed by atoms with Crippen LogP contribution in [0.3, 0.4) is 0 Å². The fourth-order valence-electron chi connectivity index (χ4n) is 3.01. The van der Waals surface area contributed by atoms with Crippen LogP contribution in [0.1, 0.15) is 24.5 Å². The van der Waals surface area contributed by atoms with Crippen molar-refractivity contribution in [1.29, 1.82) is 0 Å². The molecule has 0 aliphatic carbocycles. The summed E-state index contributed by atoms with van der Waals surface area (Å²) in [5.41, 5.74) is 0.897. The van der Waals surface area contributed by atoms with Gasteiger partial charge in [-0.15, -0.1) is 0 Å². The van der Waals surface area contributed by atoms with E-state index in [-0.39, 0.29) is 18.5 Å². The lowest BCUT2D eigenvalue weighted by atomic mass is 9.87. The first-order valence-electron chi connectivity index (χ1n) is 8.08. The molecule has 1 atom stereocenters. The maximum Gasteiger partial charge on any atom is 0.325 e. The van der Waals surface area contributed by atoms with Crippen LogP contribution in [0.2, 0.25) is 0 Å². The summed E-state index contributed by atoms with van der Waals surface area (Å²) in [6.07, 6.45) is 4.26. The number of benzene rings is 2. The predicted molar refractivity (Wildman–Crippen MR) is 94.1 cm³/mol. The highest BCUT2D eigenvalue weighted by atomic mass is 16.2. The molecule has 2 aromatic rings. The Morgan fingerprint density at radius 3 is 2.25 bits per heavy atom. The van der Waals surface area contributed by atoms with Crippen LogP contribution in [0, 0.1) is 0 Å². The second-order valence-electron chi connectivity index (χ2n) is 5.78. The van der Waals surface area contributed by atoms with Crippen molar-refractivity contribution in [2.75, 3.05) is 6.54 Å². The number of urea groups is 1. The lowest BCUT2D eigenvalue weighted by Gasteiger charge is -2.25. The molecular formula is C20H20N2O2. The van der Waals surface area contributed by atoms with Gasteiger partial charge in [0.25, 0.3) is 5.91 Å². The average Bonchev–Trinajstić information content (AvgIpc) is 2.88. The van der Waals surface area contributed by atoms with Gasteiger partial charge < -0.3 is 5.32 Å². The van der Waals surface area contributed by atoms with E-state index in [1.807, 2.05) is 79.7 Å². The van der Waals surface area contributed by atoms with Gasteiger partial charge in [0.05, 0.1) is 0 Å². The number of imide groups is 1. The van der Waals surface area contributed by atoms with Crippen molar-refractivity contribution in [3.05, 3.63) is 77.9 Å². The van der Waals surface area contributed by atoms with Crippen molar-refractivity contribution in [2.45, 2.75) is 18.9 Å². The van der Waals surface area contributed by atoms with Gasteiger partial charge in [-0.1, -0.05) is 79.7 Å². The molecule has 4 nitrogen and oxygen atoms in total. The summed E-state index contributed by atoms with van der Waals surface area (Å²) < 4.78 is 0. The van der Waals surface area contributed by atoms with Crippen molar-refractivity contribution < 1.29 is 9.59 Å². The molecule has 24 heavy (non-hydrogen) atoms. The average molecular weight is 320 g/mol. The van der Waals surface area contributed by atoms with Crippen LogP contribution in [-0.4, -0.2) is 23.4 Å². The normalized spacial score (nSPS) is 20.6. The molecule has 0 spiro atoms. The van der Waals surface area contributed by atoms with Gasteiger partial charge in [0.2, 0.25) is 0 Å². The molecule has 0 saturated carbocycles. The maximum atomic E-state index is 12.9. The SMILES string of the molecule is CCC1(c2ccccc2)NC(=O)N(CC=Cc2ccccc2)C1=O. The molecule has 2 aromatic carbocycles. The number of nitrogens with zero attached hydrogens (tertiary/aromatic N) is 1. The molecule has 0 aromatic heterocycles. The summed E-state index contributed by atoms with van der Waals surface area (Å²) in [5, 5.41) is 2.89. The van der Waals surface area contributed by atoms with E-state index in [2.05, 4.69) is 5.32 Å². The fraction of sp³-hybridized carbons (Fsp3) is 0.200. The lowest BCUT2D eigenvalue weighted by Crippen LogP contribution is -2.43. The molecule has 3 amide bonds. The Hall–Kier alpha value is -2.88. The molecular weight excluding hydrogens is 300 g/mol. The minimum atomic E-state index is -0.959. The molecule has 3 rings (SSSR count). The molecule has 1 aliphatic rings. The Balaban J connectivity index is 1.80. The van der Waals surface area contributed by atoms with E-state index in [0.29, 0.717) is 6.42 Å². The van der Waals surface area contributed by atoms with Crippen LogP contribution in [0.25, 0.3) is 6.08 Å². The third-order valence-corrected chi connectivity index (χ3v) is 4.37. The number of carbonyl (C=O) groups is 2. The fourth-order valence-corrected chi connectivity index (χ4v) is 3.01. The van der Waals surface area contributed by atoms with E-state index < -0.39 is 5.54 Å². The Labute approximate surface area is 141 Å². The zero-order chi connectivity index (χ0) is 17.0. The number of hydrogen-bond donors (Lipinski definition) is 1. The van der Waals surface area contributed by atoms with Crippen LogP contribution < -0.4 is 5.32 Å². The Morgan fingerprint density at radius 1 is 1.00 bits per heavy atom. The van der Waals surface area contributed by atoms with E-state index in [0.717, 1.165) is 11.1 Å². The third-order valence-electron chi connectivity index (χ3n) is 4.37. The highest BCUT2D eigenvalue weighted by Crippen LogP contribution is 2.32. The Kier molecular flexibility index (Phi) is 4.47. The van der Waals surface area contributed by atoms with Crippen LogP contribution in [-0.2, 0) is 10.3 Å². The Morgan fingerprint density at radius 2 is 1.62 bits per heavy atom. The van der Waals surface area contributed by atoms with E-state index in [9.17, 15) is 9.59 Å². The second kappa shape index (κ2) is 6.71. The maximum absolute atomic E-state index is 12.9. The van der Waals surface area contributed by atoms with E-state index >= 15 is 0 Å². The summed E-state index contributed by atoms with van der Waals surface area (Å²) >= 11 is 0. The molecule has 4 heteroatoms. The zero-order valence-electron chi connectivity index (χ0n) is 13.6. The van der Waals surface area contributed by atoms with Crippen LogP contribution in [0.5, 0.6) is 0 Å². The molecule has 122 valence electrons. The number of rotatable bonds is 5. The van der Waals surface area contributed by atoms with Crippen molar-refractivity contribution >= 4 is 18.0 Å². The first-order valence-corrected chi connectivity index (χ1v) is 8.08. The lowest BCUT2D eigenvalue weighted by molar-refractivity contribution is -0.131. The standard InChI is InChI=1S/C20H20N2O2/c1-2-20(17-13-7-4-8-14-17)18(23)22(19(24)21-20)15-9-12-16-10-5-3-6-11-16/h3-14H,2,15H2,1H3,(H,21,24). The van der Waals surface area contributed by atoms with E-state index in [4.69, 9.17) is 0 Å². The summed E-state index contributed by atoms with van der Waals surface area (Å²) in [4.78, 5) is 26.5. The first-order chi connectivity index (χ1) is 11.7. The van der Waals surface area contributed by atoms with Crippen molar-refractivity contribution in [3.8, 4) is 0 Å². The van der Waals surface area contributed by atoms with Crippen molar-refractivity contribution in [3.63, 3.8) is 0 Å². The van der Waals surface area contributed by atoms with Crippen molar-refractivity contribution in [1.82, 2.24) is 10.2 Å². The number of hydrogen-bond acceptors (Lipinski definition) is 2. The largest absolute Gasteiger partial charge is 0.325 e. The molecule has 1 saturated heterocycles. The quantitative estimate of drug-likeness (QED) is 0.856. The molecule has 1 fully saturated rings. The van der Waals surface area contributed by atoms with Crippen LogP contribution in [0.15, 0.2) is 66.7 Å². The summed E-state index contributed by atoms with van der Waals surface area (Å²) in [6.45, 7) is 2.17. The summed E-state index contributed by atoms with van der Waals surface area (Å²) in [5.74, 6) is -0.195. The summed E-state index contributed by atoms with van der Waals surface area (Å²) in [7, 11) is 0. The number of nitrogens with one attached hydrogen (secondary N) is 1. The Bertz CT molecular complexity index is 756. The molecule has 1 N–H and O–H groups in total. The number of carbonyl (C=O) groups excluding carboxylic acids is 2. The molecule has 1 aliphatic heterocycles. The highest BCUT2D eigenvalue weighted by Gasteiger charge is 2.50. The predicted octanol–water partition coefficient (Wildman–Crippen LogP) is 3.56. The van der Waals surface area contributed by atoms with Gasteiger partial charge >= 0.3 is 6.03 Å². The van der Waals surface area contributed by atoms with Gasteiger partial charge in [-0.2, -0.15) is 0 Å². The highest BCUT2D eigenvalue weighted by molar-refractivity contribution is 6.07. The van der Waals surface area contributed by atoms with Gasteiger partial charge in [0.1, 0.15) is 5.54 Å². The van der Waals surface area contributed by atoms with Gasteiger partial charge in [-0.25, -0.2) is 4.79 Å². The molecule has 1 unspecified atom stereocenters. The van der Waals surface area contributed by atoms with E-state index in [1.165, 1.54) is 4.90 Å². The van der Waals surface area contributed by atoms with Gasteiger partial charge in [0.15, 0.2) is 0 Å². The molecule has 1 heterocycles. The van der Waals surface area contributed by atoms with Gasteiger partial charge in [-0.05, 0) is 17.5 Å². The van der Waals surface area contributed by atoms with Crippen LogP contribution in [0.4, 0.5) is 4.79 Å². The minimum absolute atomic E-state index is 0.195. The minimum Gasteiger partial charge on any atom is -0.319 e. The third kappa shape index (κ3) is 2.83.